The Hall–Kier alpha value is -1.42. The molecular formula is C11H16N2O2. The molecule has 0 atom stereocenters. The Morgan fingerprint density at radius 1 is 1.60 bits per heavy atom. The Bertz CT molecular complexity index is 326. The first kappa shape index (κ1) is 11.7. The van der Waals surface area contributed by atoms with E-state index in [1.165, 1.54) is 0 Å². The van der Waals surface area contributed by atoms with Crippen molar-refractivity contribution in [2.75, 3.05) is 13.2 Å². The third kappa shape index (κ3) is 4.08. The number of aromatic nitrogens is 1. The number of ether oxygens (including phenoxy) is 1. The van der Waals surface area contributed by atoms with E-state index in [-0.39, 0.29) is 12.5 Å². The first-order valence-corrected chi connectivity index (χ1v) is 5.00. The lowest BCUT2D eigenvalue weighted by Gasteiger charge is -2.06. The fourth-order valence-corrected chi connectivity index (χ4v) is 1.21. The summed E-state index contributed by atoms with van der Waals surface area (Å²) in [5, 5.41) is 3.02. The molecule has 4 nitrogen and oxygen atoms in total. The van der Waals surface area contributed by atoms with Crippen LogP contribution in [0.1, 0.15) is 18.1 Å². The summed E-state index contributed by atoms with van der Waals surface area (Å²) < 4.78 is 4.80. The van der Waals surface area contributed by atoms with Gasteiger partial charge in [0.15, 0.2) is 0 Å². The van der Waals surface area contributed by atoms with Crippen LogP contribution in [0.25, 0.3) is 0 Å². The number of esters is 1. The zero-order valence-corrected chi connectivity index (χ0v) is 9.12. The van der Waals surface area contributed by atoms with Gasteiger partial charge in [-0.15, -0.1) is 0 Å². The summed E-state index contributed by atoms with van der Waals surface area (Å²) in [6.07, 6.45) is 3.55. The lowest BCUT2D eigenvalue weighted by Crippen LogP contribution is -2.24. The van der Waals surface area contributed by atoms with Gasteiger partial charge in [-0.05, 0) is 31.0 Å². The lowest BCUT2D eigenvalue weighted by molar-refractivity contribution is -0.142. The van der Waals surface area contributed by atoms with Gasteiger partial charge in [-0.2, -0.15) is 0 Å². The number of pyridine rings is 1. The molecular weight excluding hydrogens is 192 g/mol. The van der Waals surface area contributed by atoms with E-state index in [0.717, 1.165) is 11.1 Å². The third-order valence-corrected chi connectivity index (χ3v) is 2.03. The van der Waals surface area contributed by atoms with E-state index in [4.69, 9.17) is 4.74 Å². The monoisotopic (exact) mass is 208 g/mol. The number of carbonyl (C=O) groups excluding carboxylic acids is 1. The van der Waals surface area contributed by atoms with Crippen molar-refractivity contribution in [3.8, 4) is 0 Å². The number of nitrogens with one attached hydrogen (secondary N) is 1. The fraction of sp³-hybridized carbons (Fsp3) is 0.455. The summed E-state index contributed by atoms with van der Waals surface area (Å²) >= 11 is 0. The highest BCUT2D eigenvalue weighted by molar-refractivity contribution is 5.71. The summed E-state index contributed by atoms with van der Waals surface area (Å²) in [6.45, 7) is 5.12. The van der Waals surface area contributed by atoms with E-state index >= 15 is 0 Å². The molecule has 82 valence electrons. The minimum absolute atomic E-state index is 0.218. The normalized spacial score (nSPS) is 10.0. The smallest absolute Gasteiger partial charge is 0.319 e. The van der Waals surface area contributed by atoms with Crippen molar-refractivity contribution in [1.82, 2.24) is 10.3 Å². The average molecular weight is 208 g/mol. The summed E-state index contributed by atoms with van der Waals surface area (Å²) in [4.78, 5) is 15.0. The Labute approximate surface area is 89.7 Å². The van der Waals surface area contributed by atoms with Gasteiger partial charge in [-0.3, -0.25) is 9.78 Å². The highest BCUT2D eigenvalue weighted by atomic mass is 16.5. The van der Waals surface area contributed by atoms with E-state index in [2.05, 4.69) is 10.3 Å². The molecule has 0 saturated carbocycles. The molecule has 0 spiro atoms. The van der Waals surface area contributed by atoms with E-state index in [0.29, 0.717) is 13.2 Å². The van der Waals surface area contributed by atoms with Crippen LogP contribution in [0.3, 0.4) is 0 Å². The van der Waals surface area contributed by atoms with Crippen LogP contribution in [0.2, 0.25) is 0 Å². The largest absolute Gasteiger partial charge is 0.465 e. The maximum absolute atomic E-state index is 11.0. The Kier molecular flexibility index (Phi) is 4.77. The second-order valence-corrected chi connectivity index (χ2v) is 3.21. The van der Waals surface area contributed by atoms with Crippen LogP contribution in [0.4, 0.5) is 0 Å². The summed E-state index contributed by atoms with van der Waals surface area (Å²) in [5.41, 5.74) is 2.27. The molecule has 1 heterocycles. The highest BCUT2D eigenvalue weighted by Gasteiger charge is 2.01. The molecule has 1 aromatic heterocycles. The number of rotatable bonds is 5. The van der Waals surface area contributed by atoms with Gasteiger partial charge in [0, 0.05) is 18.9 Å². The van der Waals surface area contributed by atoms with Gasteiger partial charge >= 0.3 is 5.97 Å². The average Bonchev–Trinajstić information content (AvgIpc) is 2.21. The van der Waals surface area contributed by atoms with Crippen LogP contribution in [0.15, 0.2) is 18.5 Å². The van der Waals surface area contributed by atoms with E-state index in [9.17, 15) is 4.79 Å². The Balaban J connectivity index is 2.32. The third-order valence-electron chi connectivity index (χ3n) is 2.03. The summed E-state index contributed by atoms with van der Waals surface area (Å²) in [6, 6.07) is 1.94. The predicted octanol–water partition coefficient (Wildman–Crippen LogP) is 1.04. The van der Waals surface area contributed by atoms with E-state index in [1.807, 2.05) is 13.0 Å². The van der Waals surface area contributed by atoms with Crippen molar-refractivity contribution in [3.05, 3.63) is 29.6 Å². The van der Waals surface area contributed by atoms with Gasteiger partial charge in [0.1, 0.15) is 0 Å². The highest BCUT2D eigenvalue weighted by Crippen LogP contribution is 2.03. The van der Waals surface area contributed by atoms with E-state index < -0.39 is 0 Å². The number of carbonyl (C=O) groups is 1. The SMILES string of the molecule is CCOC(=O)CNCc1ccncc1C. The quantitative estimate of drug-likeness (QED) is 0.735. The van der Waals surface area contributed by atoms with Crippen molar-refractivity contribution in [1.29, 1.82) is 0 Å². The molecule has 1 rings (SSSR count). The molecule has 0 aliphatic heterocycles. The summed E-state index contributed by atoms with van der Waals surface area (Å²) in [7, 11) is 0. The van der Waals surface area contributed by atoms with Crippen molar-refractivity contribution >= 4 is 5.97 Å². The molecule has 0 aliphatic carbocycles. The number of aryl methyl sites for hydroxylation is 1. The molecule has 0 aliphatic rings. The molecule has 4 heteroatoms. The molecule has 0 fully saturated rings. The zero-order valence-electron chi connectivity index (χ0n) is 9.12. The fourth-order valence-electron chi connectivity index (χ4n) is 1.21. The van der Waals surface area contributed by atoms with Gasteiger partial charge in [0.05, 0.1) is 13.2 Å². The van der Waals surface area contributed by atoms with Crippen molar-refractivity contribution in [2.45, 2.75) is 20.4 Å². The second-order valence-electron chi connectivity index (χ2n) is 3.21. The van der Waals surface area contributed by atoms with Gasteiger partial charge in [-0.25, -0.2) is 0 Å². The Morgan fingerprint density at radius 2 is 2.40 bits per heavy atom. The van der Waals surface area contributed by atoms with Crippen LogP contribution in [-0.2, 0) is 16.1 Å². The topological polar surface area (TPSA) is 51.2 Å². The predicted molar refractivity (Wildman–Crippen MR) is 57.3 cm³/mol. The number of nitrogens with zero attached hydrogens (tertiary/aromatic N) is 1. The summed E-state index contributed by atoms with van der Waals surface area (Å²) in [5.74, 6) is -0.218. The van der Waals surface area contributed by atoms with Crippen LogP contribution in [0.5, 0.6) is 0 Å². The maximum Gasteiger partial charge on any atom is 0.319 e. The van der Waals surface area contributed by atoms with Gasteiger partial charge in [0.2, 0.25) is 0 Å². The number of hydrogen-bond acceptors (Lipinski definition) is 4. The molecule has 1 aromatic rings. The molecule has 15 heavy (non-hydrogen) atoms. The Morgan fingerprint density at radius 3 is 3.07 bits per heavy atom. The van der Waals surface area contributed by atoms with Crippen LogP contribution >= 0.6 is 0 Å². The van der Waals surface area contributed by atoms with Crippen molar-refractivity contribution in [2.24, 2.45) is 0 Å². The second kappa shape index (κ2) is 6.14. The standard InChI is InChI=1S/C11H16N2O2/c1-3-15-11(14)8-13-7-10-4-5-12-6-9(10)2/h4-6,13H,3,7-8H2,1-2H3. The van der Waals surface area contributed by atoms with Crippen LogP contribution < -0.4 is 5.32 Å². The molecule has 0 radical (unpaired) electrons. The van der Waals surface area contributed by atoms with Gasteiger partial charge in [0.25, 0.3) is 0 Å². The molecule has 0 unspecified atom stereocenters. The zero-order chi connectivity index (χ0) is 11.1. The van der Waals surface area contributed by atoms with Crippen LogP contribution in [0, 0.1) is 6.92 Å². The molecule has 0 saturated heterocycles. The van der Waals surface area contributed by atoms with E-state index in [1.54, 1.807) is 19.3 Å². The van der Waals surface area contributed by atoms with Gasteiger partial charge in [-0.1, -0.05) is 0 Å². The molecule has 1 N–H and O–H groups in total. The first-order chi connectivity index (χ1) is 7.24. The van der Waals surface area contributed by atoms with Gasteiger partial charge < -0.3 is 10.1 Å². The minimum Gasteiger partial charge on any atom is -0.465 e. The molecule has 0 aromatic carbocycles. The van der Waals surface area contributed by atoms with Crippen molar-refractivity contribution in [3.63, 3.8) is 0 Å². The lowest BCUT2D eigenvalue weighted by atomic mass is 10.1. The first-order valence-electron chi connectivity index (χ1n) is 5.00. The number of hydrogen-bond donors (Lipinski definition) is 1. The van der Waals surface area contributed by atoms with Crippen LogP contribution in [-0.4, -0.2) is 24.1 Å². The minimum atomic E-state index is -0.218. The molecule has 0 bridgehead atoms. The maximum atomic E-state index is 11.0. The van der Waals surface area contributed by atoms with Crippen molar-refractivity contribution < 1.29 is 9.53 Å². The molecule has 0 amide bonds.